The molecule has 0 N–H and O–H groups in total. The van der Waals surface area contributed by atoms with E-state index < -0.39 is 5.41 Å². The molecule has 3 heterocycles. The highest BCUT2D eigenvalue weighted by atomic mass is 32.2. The highest BCUT2D eigenvalue weighted by Gasteiger charge is 2.39. The van der Waals surface area contributed by atoms with Crippen molar-refractivity contribution in [1.82, 2.24) is 19.5 Å². The van der Waals surface area contributed by atoms with Gasteiger partial charge in [-0.25, -0.2) is 4.98 Å². The standard InChI is InChI=1S/C59H41N5S/c1-6-21-41(22-7-1)55-60-56(43-25-20-32-47(39-43)59(44-26-10-3-11-27-44,45-28-12-4-13-29-45)46-30-14-5-15-31-46)62-58(61-55)64-51-34-17-16-33-49(51)50-40-48(37-38-52(50)64)63-53-35-18-19-36-54(53)65-57(63)42-23-8-2-9-24-42/h1-40,57H. The summed E-state index contributed by atoms with van der Waals surface area (Å²) in [7, 11) is 0. The second-order valence-corrected chi connectivity index (χ2v) is 17.5. The Bertz CT molecular complexity index is 3370. The predicted octanol–water partition coefficient (Wildman–Crippen LogP) is 14.6. The van der Waals surface area contributed by atoms with Crippen molar-refractivity contribution in [2.75, 3.05) is 4.90 Å². The lowest BCUT2D eigenvalue weighted by atomic mass is 9.65. The van der Waals surface area contributed by atoms with Crippen molar-refractivity contribution >= 4 is 44.9 Å². The molecule has 1 atom stereocenters. The maximum absolute atomic E-state index is 5.42. The monoisotopic (exact) mass is 851 g/mol. The third-order valence-corrected chi connectivity index (χ3v) is 14.0. The SMILES string of the molecule is c1ccc(-c2nc(-c3cccc(C(c4ccccc4)(c4ccccc4)c4ccccc4)c3)nc(-n3c4ccccc4c4cc(N5c6ccccc6SC5c5ccccc5)ccc43)n2)cc1. The molecular formula is C59H41N5S. The van der Waals surface area contributed by atoms with Crippen LogP contribution in [-0.4, -0.2) is 19.5 Å². The van der Waals surface area contributed by atoms with E-state index in [-0.39, 0.29) is 5.37 Å². The molecule has 65 heavy (non-hydrogen) atoms. The van der Waals surface area contributed by atoms with E-state index in [1.165, 1.54) is 32.8 Å². The van der Waals surface area contributed by atoms with Gasteiger partial charge in [0.05, 0.1) is 22.1 Å². The predicted molar refractivity (Wildman–Crippen MR) is 267 cm³/mol. The smallest absolute Gasteiger partial charge is 0.238 e. The molecule has 0 amide bonds. The molecule has 0 aliphatic carbocycles. The van der Waals surface area contributed by atoms with Crippen molar-refractivity contribution in [2.45, 2.75) is 15.7 Å². The van der Waals surface area contributed by atoms with Gasteiger partial charge in [0.2, 0.25) is 5.95 Å². The van der Waals surface area contributed by atoms with Crippen molar-refractivity contribution in [3.8, 4) is 28.7 Å². The molecule has 1 aliphatic heterocycles. The van der Waals surface area contributed by atoms with Crippen LogP contribution >= 0.6 is 11.8 Å². The first-order chi connectivity index (χ1) is 32.2. The van der Waals surface area contributed by atoms with Crippen LogP contribution in [0.25, 0.3) is 50.5 Å². The summed E-state index contributed by atoms with van der Waals surface area (Å²) in [6.45, 7) is 0. The van der Waals surface area contributed by atoms with Crippen molar-refractivity contribution in [1.29, 1.82) is 0 Å². The Hall–Kier alpha value is -8.06. The summed E-state index contributed by atoms with van der Waals surface area (Å²) in [4.78, 5) is 19.7. The fourth-order valence-electron chi connectivity index (χ4n) is 9.76. The minimum Gasteiger partial charge on any atom is -0.323 e. The molecule has 308 valence electrons. The van der Waals surface area contributed by atoms with E-state index in [9.17, 15) is 0 Å². The molecule has 5 nitrogen and oxygen atoms in total. The molecule has 12 rings (SSSR count). The van der Waals surface area contributed by atoms with E-state index in [2.05, 4.69) is 234 Å². The number of hydrogen-bond donors (Lipinski definition) is 0. The molecule has 0 spiro atoms. The summed E-state index contributed by atoms with van der Waals surface area (Å²) < 4.78 is 2.21. The second-order valence-electron chi connectivity index (χ2n) is 16.4. The number of aromatic nitrogens is 4. The van der Waals surface area contributed by atoms with Gasteiger partial charge in [-0.05, 0) is 70.3 Å². The second kappa shape index (κ2) is 16.2. The van der Waals surface area contributed by atoms with Gasteiger partial charge in [-0.15, -0.1) is 0 Å². The van der Waals surface area contributed by atoms with Crippen LogP contribution in [0.4, 0.5) is 11.4 Å². The van der Waals surface area contributed by atoms with Gasteiger partial charge in [-0.3, -0.25) is 4.57 Å². The summed E-state index contributed by atoms with van der Waals surface area (Å²) in [6.07, 6.45) is 0. The van der Waals surface area contributed by atoms with Crippen LogP contribution in [0.3, 0.4) is 0 Å². The number of nitrogens with zero attached hydrogens (tertiary/aromatic N) is 5. The van der Waals surface area contributed by atoms with E-state index in [1.807, 2.05) is 30.0 Å². The Kier molecular flexibility index (Phi) is 9.65. The third-order valence-electron chi connectivity index (χ3n) is 12.6. The molecule has 0 bridgehead atoms. The summed E-state index contributed by atoms with van der Waals surface area (Å²) in [5.41, 5.74) is 11.5. The van der Waals surface area contributed by atoms with E-state index in [0.717, 1.165) is 44.2 Å². The van der Waals surface area contributed by atoms with Gasteiger partial charge in [-0.2, -0.15) is 9.97 Å². The zero-order valence-corrected chi connectivity index (χ0v) is 36.1. The van der Waals surface area contributed by atoms with Crippen molar-refractivity contribution in [3.63, 3.8) is 0 Å². The Balaban J connectivity index is 1.06. The molecule has 1 unspecified atom stereocenters. The van der Waals surface area contributed by atoms with Gasteiger partial charge < -0.3 is 4.90 Å². The number of anilines is 2. The van der Waals surface area contributed by atoms with E-state index >= 15 is 0 Å². The lowest BCUT2D eigenvalue weighted by Crippen LogP contribution is -2.31. The highest BCUT2D eigenvalue weighted by molar-refractivity contribution is 8.00. The van der Waals surface area contributed by atoms with Crippen LogP contribution < -0.4 is 4.90 Å². The fraction of sp³-hybridized carbons (Fsp3) is 0.0339. The summed E-state index contributed by atoms with van der Waals surface area (Å²) >= 11 is 1.89. The quantitative estimate of drug-likeness (QED) is 0.135. The largest absolute Gasteiger partial charge is 0.323 e. The Morgan fingerprint density at radius 3 is 1.60 bits per heavy atom. The van der Waals surface area contributed by atoms with E-state index in [4.69, 9.17) is 15.0 Å². The van der Waals surface area contributed by atoms with Crippen molar-refractivity contribution in [2.24, 2.45) is 0 Å². The summed E-state index contributed by atoms with van der Waals surface area (Å²) in [5, 5.41) is 2.35. The van der Waals surface area contributed by atoms with Gasteiger partial charge in [0, 0.05) is 32.5 Å². The van der Waals surface area contributed by atoms with Gasteiger partial charge in [0.15, 0.2) is 11.6 Å². The average molecular weight is 852 g/mol. The first kappa shape index (κ1) is 38.6. The minimum atomic E-state index is -0.629. The summed E-state index contributed by atoms with van der Waals surface area (Å²) in [5.74, 6) is 1.76. The molecule has 0 saturated carbocycles. The van der Waals surface area contributed by atoms with Crippen LogP contribution in [0.15, 0.2) is 248 Å². The number of rotatable bonds is 9. The topological polar surface area (TPSA) is 46.8 Å². The number of fused-ring (bicyclic) bond motifs is 4. The lowest BCUT2D eigenvalue weighted by molar-refractivity contribution is 0.745. The van der Waals surface area contributed by atoms with Crippen LogP contribution in [0.2, 0.25) is 0 Å². The molecular weight excluding hydrogens is 811 g/mol. The normalized spacial score (nSPS) is 13.6. The molecule has 0 saturated heterocycles. The van der Waals surface area contributed by atoms with Crippen LogP contribution in [-0.2, 0) is 5.41 Å². The zero-order chi connectivity index (χ0) is 43.2. The van der Waals surface area contributed by atoms with Crippen molar-refractivity contribution in [3.05, 3.63) is 270 Å². The molecule has 1 aliphatic rings. The molecule has 9 aromatic carbocycles. The maximum Gasteiger partial charge on any atom is 0.238 e. The van der Waals surface area contributed by atoms with Gasteiger partial charge in [0.1, 0.15) is 5.37 Å². The Labute approximate surface area is 382 Å². The molecule has 2 aromatic heterocycles. The average Bonchev–Trinajstić information content (AvgIpc) is 3.94. The van der Waals surface area contributed by atoms with Crippen LogP contribution in [0.5, 0.6) is 0 Å². The number of para-hydroxylation sites is 2. The molecule has 0 fully saturated rings. The van der Waals surface area contributed by atoms with Gasteiger partial charge >= 0.3 is 0 Å². The van der Waals surface area contributed by atoms with Gasteiger partial charge in [0.25, 0.3) is 0 Å². The number of thioether (sulfide) groups is 1. The van der Waals surface area contributed by atoms with Crippen molar-refractivity contribution < 1.29 is 0 Å². The van der Waals surface area contributed by atoms with Gasteiger partial charge in [-0.1, -0.05) is 212 Å². The Morgan fingerprint density at radius 1 is 0.400 bits per heavy atom. The molecule has 6 heteroatoms. The lowest BCUT2D eigenvalue weighted by Gasteiger charge is -2.37. The maximum atomic E-state index is 5.42. The molecule has 0 radical (unpaired) electrons. The number of benzene rings is 9. The van der Waals surface area contributed by atoms with Crippen LogP contribution in [0, 0.1) is 0 Å². The number of hydrogen-bond acceptors (Lipinski definition) is 5. The minimum absolute atomic E-state index is 0.0964. The van der Waals surface area contributed by atoms with E-state index in [1.54, 1.807) is 0 Å². The fourth-order valence-corrected chi connectivity index (χ4v) is 11.1. The van der Waals surface area contributed by atoms with Crippen LogP contribution in [0.1, 0.15) is 33.2 Å². The van der Waals surface area contributed by atoms with E-state index in [0.29, 0.717) is 17.6 Å². The zero-order valence-electron chi connectivity index (χ0n) is 35.3. The third kappa shape index (κ3) is 6.61. The summed E-state index contributed by atoms with van der Waals surface area (Å²) in [6, 6.07) is 86.3. The highest BCUT2D eigenvalue weighted by Crippen LogP contribution is 2.55. The first-order valence-electron chi connectivity index (χ1n) is 22.0. The molecule has 11 aromatic rings. The first-order valence-corrected chi connectivity index (χ1v) is 22.8. The Morgan fingerprint density at radius 2 is 0.923 bits per heavy atom.